The number of rotatable bonds is 21. The Labute approximate surface area is 239 Å². The standard InChI is InChI=1S/C32H67NOSi3/c1-10-31(35,11-2)23-16-26-36(7)32(12-3,13-4)24-17-27-37(8,9)28-34-30-20-18-29(19-21-30)22-25-33(14-5)15-6/h18,20,36H,10-17,19,21-28H2,1-9,35H3. The van der Waals surface area contributed by atoms with E-state index in [1.807, 2.05) is 0 Å². The Morgan fingerprint density at radius 2 is 1.57 bits per heavy atom. The number of allylic oxidation sites excluding steroid dienone is 3. The zero-order valence-corrected chi connectivity index (χ0v) is 31.3. The van der Waals surface area contributed by atoms with Crippen LogP contribution in [0.15, 0.2) is 23.5 Å². The molecule has 1 aliphatic rings. The normalized spacial score (nSPS) is 16.2. The second-order valence-electron chi connectivity index (χ2n) is 13.4. The van der Waals surface area contributed by atoms with Crippen molar-refractivity contribution < 1.29 is 4.74 Å². The van der Waals surface area contributed by atoms with E-state index in [0.717, 1.165) is 25.7 Å². The fraction of sp³-hybridized carbons (Fsp3) is 0.875. The van der Waals surface area contributed by atoms with Crippen LogP contribution in [-0.4, -0.2) is 57.9 Å². The highest BCUT2D eigenvalue weighted by atomic mass is 28.3. The maximum Gasteiger partial charge on any atom is 0.0957 e. The summed E-state index contributed by atoms with van der Waals surface area (Å²) in [7, 11) is -0.699. The molecule has 1 aliphatic carbocycles. The van der Waals surface area contributed by atoms with Crippen LogP contribution in [0.3, 0.4) is 0 Å². The highest BCUT2D eigenvalue weighted by molar-refractivity contribution is 6.77. The third-order valence-corrected chi connectivity index (χ3v) is 19.6. The second-order valence-corrected chi connectivity index (χ2v) is 24.3. The van der Waals surface area contributed by atoms with Crippen molar-refractivity contribution in [2.24, 2.45) is 0 Å². The summed E-state index contributed by atoms with van der Waals surface area (Å²) < 4.78 is 6.43. The van der Waals surface area contributed by atoms with Gasteiger partial charge in [0, 0.05) is 32.0 Å². The maximum atomic E-state index is 6.43. The topological polar surface area (TPSA) is 12.5 Å². The molecule has 218 valence electrons. The third kappa shape index (κ3) is 12.3. The first-order valence-corrected chi connectivity index (χ1v) is 23.2. The van der Waals surface area contributed by atoms with Gasteiger partial charge in [-0.2, -0.15) is 0 Å². The molecular weight excluding hydrogens is 499 g/mol. The maximum absolute atomic E-state index is 6.43. The largest absolute Gasteiger partial charge is 0.502 e. The number of ether oxygens (including phenoxy) is 1. The highest BCUT2D eigenvalue weighted by Gasteiger charge is 2.34. The number of nitrogens with zero attached hydrogens (tertiary/aromatic N) is 1. The molecule has 1 atom stereocenters. The molecule has 0 heterocycles. The fourth-order valence-corrected chi connectivity index (χ4v) is 12.1. The van der Waals surface area contributed by atoms with Crippen LogP contribution in [0, 0.1) is 0 Å². The molecule has 0 saturated heterocycles. The molecule has 0 amide bonds. The summed E-state index contributed by atoms with van der Waals surface area (Å²) >= 11 is 0. The molecular formula is C32H67NOSi3. The van der Waals surface area contributed by atoms with E-state index in [1.165, 1.54) is 92.8 Å². The van der Waals surface area contributed by atoms with Crippen LogP contribution in [0.2, 0.25) is 41.8 Å². The predicted molar refractivity (Wildman–Crippen MR) is 179 cm³/mol. The van der Waals surface area contributed by atoms with Crippen molar-refractivity contribution in [3.63, 3.8) is 0 Å². The summed E-state index contributed by atoms with van der Waals surface area (Å²) in [6.45, 7) is 25.7. The van der Waals surface area contributed by atoms with E-state index in [4.69, 9.17) is 4.74 Å². The van der Waals surface area contributed by atoms with E-state index >= 15 is 0 Å². The Morgan fingerprint density at radius 1 is 0.919 bits per heavy atom. The first kappa shape index (κ1) is 34.9. The van der Waals surface area contributed by atoms with Gasteiger partial charge in [0.1, 0.15) is 0 Å². The van der Waals surface area contributed by atoms with E-state index in [2.05, 4.69) is 78.2 Å². The van der Waals surface area contributed by atoms with Crippen LogP contribution in [0.25, 0.3) is 0 Å². The molecule has 5 heteroatoms. The lowest BCUT2D eigenvalue weighted by Crippen LogP contribution is -2.34. The first-order chi connectivity index (χ1) is 17.5. The average molecular weight is 566 g/mol. The monoisotopic (exact) mass is 565 g/mol. The van der Waals surface area contributed by atoms with Gasteiger partial charge in [-0.3, -0.25) is 0 Å². The summed E-state index contributed by atoms with van der Waals surface area (Å²) in [6, 6.07) is 2.98. The molecule has 0 aromatic heterocycles. The average Bonchev–Trinajstić information content (AvgIpc) is 2.91. The molecule has 0 fully saturated rings. The molecule has 0 saturated carbocycles. The first-order valence-electron chi connectivity index (χ1n) is 16.3. The van der Waals surface area contributed by atoms with Gasteiger partial charge in [-0.1, -0.05) is 136 Å². The van der Waals surface area contributed by atoms with E-state index in [9.17, 15) is 0 Å². The van der Waals surface area contributed by atoms with Gasteiger partial charge >= 0.3 is 0 Å². The fourth-order valence-electron chi connectivity index (χ4n) is 6.40. The molecule has 0 spiro atoms. The van der Waals surface area contributed by atoms with Gasteiger partial charge < -0.3 is 9.64 Å². The summed E-state index contributed by atoms with van der Waals surface area (Å²) in [6.07, 6.45) is 20.6. The summed E-state index contributed by atoms with van der Waals surface area (Å²) in [5.74, 6) is 1.24. The molecule has 0 aromatic rings. The van der Waals surface area contributed by atoms with Crippen molar-refractivity contribution in [3.8, 4) is 0 Å². The lowest BCUT2D eigenvalue weighted by atomic mass is 9.96. The van der Waals surface area contributed by atoms with E-state index < -0.39 is 16.9 Å². The van der Waals surface area contributed by atoms with Crippen LogP contribution in [0.4, 0.5) is 0 Å². The molecule has 2 nitrogen and oxygen atoms in total. The SMILES string of the molecule is CCN(CC)CCC1=CC=C(OC[Si](C)(C)CCCC(CC)(CC)[SiH](C)CCCC([SiH3])(CC)CC)CC1. The Balaban J connectivity index is 2.52. The molecule has 0 aromatic carbocycles. The minimum atomic E-state index is -1.33. The number of hydrogen-bond donors (Lipinski definition) is 0. The van der Waals surface area contributed by atoms with Gasteiger partial charge in [0.2, 0.25) is 0 Å². The Kier molecular flexibility index (Phi) is 16.6. The summed E-state index contributed by atoms with van der Waals surface area (Å²) in [5.41, 5.74) is 1.60. The number of hydrogen-bond acceptors (Lipinski definition) is 2. The smallest absolute Gasteiger partial charge is 0.0957 e. The third-order valence-electron chi connectivity index (χ3n) is 10.6. The predicted octanol–water partition coefficient (Wildman–Crippen LogP) is 8.91. The van der Waals surface area contributed by atoms with Gasteiger partial charge in [-0.25, -0.2) is 0 Å². The Morgan fingerprint density at radius 3 is 2.08 bits per heavy atom. The van der Waals surface area contributed by atoms with Gasteiger partial charge in [0.15, 0.2) is 0 Å². The zero-order valence-electron chi connectivity index (χ0n) is 27.1. The molecule has 0 bridgehead atoms. The van der Waals surface area contributed by atoms with Crippen LogP contribution in [0.1, 0.15) is 112 Å². The zero-order chi connectivity index (χ0) is 28.0. The molecule has 0 N–H and O–H groups in total. The van der Waals surface area contributed by atoms with Gasteiger partial charge in [0.05, 0.1) is 20.1 Å². The van der Waals surface area contributed by atoms with Crippen molar-refractivity contribution in [2.45, 2.75) is 154 Å². The Hall–Kier alpha value is -0.109. The summed E-state index contributed by atoms with van der Waals surface area (Å²) in [5, 5.41) is 1.39. The minimum absolute atomic E-state index is 0.676. The van der Waals surface area contributed by atoms with Crippen molar-refractivity contribution in [1.29, 1.82) is 0 Å². The molecule has 1 unspecified atom stereocenters. The summed E-state index contributed by atoms with van der Waals surface area (Å²) in [4.78, 5) is 2.52. The van der Waals surface area contributed by atoms with Gasteiger partial charge in [-0.15, -0.1) is 0 Å². The minimum Gasteiger partial charge on any atom is -0.502 e. The Bertz CT molecular complexity index is 676. The van der Waals surface area contributed by atoms with Crippen molar-refractivity contribution in [2.75, 3.05) is 25.9 Å². The molecule has 1 rings (SSSR count). The molecule has 0 aliphatic heterocycles. The van der Waals surface area contributed by atoms with Crippen molar-refractivity contribution >= 4 is 27.1 Å². The van der Waals surface area contributed by atoms with Crippen molar-refractivity contribution in [1.82, 2.24) is 4.90 Å². The lowest BCUT2D eigenvalue weighted by molar-refractivity contribution is 0.244. The molecule has 0 radical (unpaired) electrons. The lowest BCUT2D eigenvalue weighted by Gasteiger charge is -2.39. The molecule has 37 heavy (non-hydrogen) atoms. The van der Waals surface area contributed by atoms with E-state index in [0.29, 0.717) is 10.1 Å². The van der Waals surface area contributed by atoms with Crippen LogP contribution in [-0.2, 0) is 4.74 Å². The highest BCUT2D eigenvalue weighted by Crippen LogP contribution is 2.46. The van der Waals surface area contributed by atoms with E-state index in [1.54, 1.807) is 11.6 Å². The quantitative estimate of drug-likeness (QED) is 0.129. The van der Waals surface area contributed by atoms with Crippen LogP contribution < -0.4 is 0 Å². The van der Waals surface area contributed by atoms with Gasteiger partial charge in [0.25, 0.3) is 0 Å². The van der Waals surface area contributed by atoms with E-state index in [-0.39, 0.29) is 0 Å². The van der Waals surface area contributed by atoms with Gasteiger partial charge in [-0.05, 0) is 42.1 Å². The van der Waals surface area contributed by atoms with Crippen molar-refractivity contribution in [3.05, 3.63) is 23.5 Å². The second kappa shape index (κ2) is 17.6. The van der Waals surface area contributed by atoms with Crippen LogP contribution >= 0.6 is 0 Å². The van der Waals surface area contributed by atoms with Crippen LogP contribution in [0.5, 0.6) is 0 Å².